The van der Waals surface area contributed by atoms with E-state index in [1.807, 2.05) is 18.5 Å². The zero-order valence-corrected chi connectivity index (χ0v) is 11.8. The summed E-state index contributed by atoms with van der Waals surface area (Å²) in [6.07, 6.45) is 8.23. The van der Waals surface area contributed by atoms with Gasteiger partial charge in [-0.3, -0.25) is 9.88 Å². The number of ether oxygens (including phenoxy) is 2. The van der Waals surface area contributed by atoms with Crippen LogP contribution in [-0.2, 0) is 16.0 Å². The van der Waals surface area contributed by atoms with Crippen LogP contribution in [0, 0.1) is 0 Å². The molecule has 0 aromatic carbocycles. The summed E-state index contributed by atoms with van der Waals surface area (Å²) in [4.78, 5) is 6.57. The van der Waals surface area contributed by atoms with Crippen molar-refractivity contribution in [1.29, 1.82) is 0 Å². The van der Waals surface area contributed by atoms with Crippen LogP contribution in [0.15, 0.2) is 37.2 Å². The Labute approximate surface area is 120 Å². The predicted octanol–water partition coefficient (Wildman–Crippen LogP) is 2.02. The van der Waals surface area contributed by atoms with Crippen molar-refractivity contribution in [2.45, 2.75) is 37.6 Å². The molecule has 1 aromatic rings. The van der Waals surface area contributed by atoms with Crippen LogP contribution in [0.2, 0.25) is 0 Å². The van der Waals surface area contributed by atoms with E-state index in [1.54, 1.807) is 0 Å². The Morgan fingerprint density at radius 1 is 1.45 bits per heavy atom. The number of pyridine rings is 1. The first-order valence-electron chi connectivity index (χ1n) is 7.35. The fraction of sp³-hybridized carbons (Fsp3) is 0.562. The minimum atomic E-state index is 0.167. The highest BCUT2D eigenvalue weighted by atomic mass is 16.5. The largest absolute Gasteiger partial charge is 0.374 e. The third-order valence-corrected chi connectivity index (χ3v) is 4.15. The number of hydrogen-bond donors (Lipinski definition) is 0. The maximum absolute atomic E-state index is 5.97. The van der Waals surface area contributed by atoms with E-state index in [-0.39, 0.29) is 12.2 Å². The van der Waals surface area contributed by atoms with Gasteiger partial charge in [0.2, 0.25) is 0 Å². The van der Waals surface area contributed by atoms with E-state index in [2.05, 4.69) is 28.6 Å². The SMILES string of the molecule is C=CCO[C@@H]1CN(Cc2ccncc2)[C@H]2CCCO[C@@H]12. The molecule has 0 N–H and O–H groups in total. The van der Waals surface area contributed by atoms with Crippen LogP contribution in [0.1, 0.15) is 18.4 Å². The van der Waals surface area contributed by atoms with Gasteiger partial charge in [0.25, 0.3) is 0 Å². The van der Waals surface area contributed by atoms with E-state index in [4.69, 9.17) is 9.47 Å². The lowest BCUT2D eigenvalue weighted by Crippen LogP contribution is -2.41. The molecule has 0 radical (unpaired) electrons. The van der Waals surface area contributed by atoms with Crippen molar-refractivity contribution in [2.75, 3.05) is 19.8 Å². The van der Waals surface area contributed by atoms with Crippen molar-refractivity contribution >= 4 is 0 Å². The normalized spacial score (nSPS) is 30.1. The molecule has 0 saturated carbocycles. The van der Waals surface area contributed by atoms with Gasteiger partial charge in [-0.1, -0.05) is 6.08 Å². The summed E-state index contributed by atoms with van der Waals surface area (Å²) in [5.74, 6) is 0. The summed E-state index contributed by atoms with van der Waals surface area (Å²) in [6.45, 7) is 7.06. The first-order chi connectivity index (χ1) is 9.88. The van der Waals surface area contributed by atoms with Crippen molar-refractivity contribution in [3.63, 3.8) is 0 Å². The highest BCUT2D eigenvalue weighted by Crippen LogP contribution is 2.31. The van der Waals surface area contributed by atoms with Gasteiger partial charge in [-0.25, -0.2) is 0 Å². The topological polar surface area (TPSA) is 34.6 Å². The molecule has 1 aromatic heterocycles. The number of nitrogens with zero attached hydrogens (tertiary/aromatic N) is 2. The summed E-state index contributed by atoms with van der Waals surface area (Å²) >= 11 is 0. The molecule has 3 rings (SSSR count). The Morgan fingerprint density at radius 3 is 3.10 bits per heavy atom. The molecule has 2 fully saturated rings. The summed E-state index contributed by atoms with van der Waals surface area (Å²) < 4.78 is 11.9. The molecule has 4 heteroatoms. The number of aromatic nitrogens is 1. The molecule has 3 heterocycles. The summed E-state index contributed by atoms with van der Waals surface area (Å²) in [5, 5.41) is 0. The van der Waals surface area contributed by atoms with Crippen molar-refractivity contribution in [3.05, 3.63) is 42.7 Å². The summed E-state index contributed by atoms with van der Waals surface area (Å²) in [6, 6.07) is 4.64. The Hall–Kier alpha value is -1.23. The smallest absolute Gasteiger partial charge is 0.100 e. The third-order valence-electron chi connectivity index (χ3n) is 4.15. The van der Waals surface area contributed by atoms with Crippen LogP contribution in [-0.4, -0.2) is 47.9 Å². The molecule has 0 amide bonds. The van der Waals surface area contributed by atoms with Gasteiger partial charge in [0.05, 0.1) is 12.7 Å². The molecule has 2 saturated heterocycles. The minimum Gasteiger partial charge on any atom is -0.374 e. The molecule has 0 aliphatic carbocycles. The highest BCUT2D eigenvalue weighted by Gasteiger charge is 2.44. The zero-order chi connectivity index (χ0) is 13.8. The maximum atomic E-state index is 5.97. The van der Waals surface area contributed by atoms with Crippen molar-refractivity contribution < 1.29 is 9.47 Å². The molecule has 2 aliphatic heterocycles. The second-order valence-corrected chi connectivity index (χ2v) is 5.49. The highest BCUT2D eigenvalue weighted by molar-refractivity contribution is 5.11. The van der Waals surface area contributed by atoms with E-state index >= 15 is 0 Å². The zero-order valence-electron chi connectivity index (χ0n) is 11.8. The van der Waals surface area contributed by atoms with Crippen LogP contribution in [0.4, 0.5) is 0 Å². The fourth-order valence-electron chi connectivity index (χ4n) is 3.25. The van der Waals surface area contributed by atoms with Crippen molar-refractivity contribution in [1.82, 2.24) is 9.88 Å². The molecule has 4 nitrogen and oxygen atoms in total. The molecule has 0 unspecified atom stereocenters. The maximum Gasteiger partial charge on any atom is 0.100 e. The summed E-state index contributed by atoms with van der Waals surface area (Å²) in [5.41, 5.74) is 1.30. The van der Waals surface area contributed by atoms with E-state index < -0.39 is 0 Å². The van der Waals surface area contributed by atoms with Crippen molar-refractivity contribution in [2.24, 2.45) is 0 Å². The van der Waals surface area contributed by atoms with E-state index in [9.17, 15) is 0 Å². The second-order valence-electron chi connectivity index (χ2n) is 5.49. The average Bonchev–Trinajstić information content (AvgIpc) is 2.85. The molecule has 0 bridgehead atoms. The second kappa shape index (κ2) is 6.48. The molecular weight excluding hydrogens is 252 g/mol. The van der Waals surface area contributed by atoms with E-state index in [1.165, 1.54) is 12.0 Å². The minimum absolute atomic E-state index is 0.167. The van der Waals surface area contributed by atoms with Gasteiger partial charge in [0.15, 0.2) is 0 Å². The Balaban J connectivity index is 1.69. The monoisotopic (exact) mass is 274 g/mol. The van der Waals surface area contributed by atoms with Crippen LogP contribution in [0.5, 0.6) is 0 Å². The van der Waals surface area contributed by atoms with Gasteiger partial charge in [-0.05, 0) is 30.5 Å². The third kappa shape index (κ3) is 2.92. The molecule has 108 valence electrons. The fourth-order valence-corrected chi connectivity index (χ4v) is 3.25. The van der Waals surface area contributed by atoms with Gasteiger partial charge in [-0.2, -0.15) is 0 Å². The number of rotatable bonds is 5. The molecule has 0 spiro atoms. The van der Waals surface area contributed by atoms with Crippen LogP contribution in [0.25, 0.3) is 0 Å². The first kappa shape index (κ1) is 13.7. The van der Waals surface area contributed by atoms with Gasteiger partial charge in [0, 0.05) is 38.1 Å². The Morgan fingerprint density at radius 2 is 2.30 bits per heavy atom. The van der Waals surface area contributed by atoms with Gasteiger partial charge < -0.3 is 9.47 Å². The number of likely N-dealkylation sites (tertiary alicyclic amines) is 1. The first-order valence-corrected chi connectivity index (χ1v) is 7.35. The molecular formula is C16H22N2O2. The van der Waals surface area contributed by atoms with Crippen LogP contribution >= 0.6 is 0 Å². The molecule has 2 aliphatic rings. The lowest BCUT2D eigenvalue weighted by Gasteiger charge is -2.32. The number of hydrogen-bond acceptors (Lipinski definition) is 4. The lowest BCUT2D eigenvalue weighted by atomic mass is 10.0. The average molecular weight is 274 g/mol. The Bertz CT molecular complexity index is 437. The van der Waals surface area contributed by atoms with E-state index in [0.717, 1.165) is 26.1 Å². The van der Waals surface area contributed by atoms with Gasteiger partial charge in [-0.15, -0.1) is 6.58 Å². The Kier molecular flexibility index (Phi) is 4.45. The predicted molar refractivity (Wildman–Crippen MR) is 77.3 cm³/mol. The van der Waals surface area contributed by atoms with Gasteiger partial charge >= 0.3 is 0 Å². The molecule has 3 atom stereocenters. The van der Waals surface area contributed by atoms with Crippen molar-refractivity contribution in [3.8, 4) is 0 Å². The van der Waals surface area contributed by atoms with E-state index in [0.29, 0.717) is 12.6 Å². The van der Waals surface area contributed by atoms with Crippen LogP contribution in [0.3, 0.4) is 0 Å². The number of fused-ring (bicyclic) bond motifs is 1. The van der Waals surface area contributed by atoms with Gasteiger partial charge in [0.1, 0.15) is 6.10 Å². The molecule has 20 heavy (non-hydrogen) atoms. The quantitative estimate of drug-likeness (QED) is 0.769. The lowest BCUT2D eigenvalue weighted by molar-refractivity contribution is -0.0721. The standard InChI is InChI=1S/C16H22N2O2/c1-2-9-19-15-12-18(11-13-5-7-17-8-6-13)14-4-3-10-20-16(14)15/h2,5-8,14-16H,1,3-4,9-12H2/t14-,15+,16+/m0/s1. The van der Waals surface area contributed by atoms with Crippen LogP contribution < -0.4 is 0 Å². The summed E-state index contributed by atoms with van der Waals surface area (Å²) in [7, 11) is 0.